The van der Waals surface area contributed by atoms with Crippen molar-refractivity contribution in [1.82, 2.24) is 0 Å². The van der Waals surface area contributed by atoms with Gasteiger partial charge in [0.1, 0.15) is 18.1 Å². The molecule has 0 spiro atoms. The molecular formula is C21H32O6. The van der Waals surface area contributed by atoms with E-state index in [0.717, 1.165) is 11.1 Å². The molecule has 0 amide bonds. The molecule has 1 rings (SSSR count). The second-order valence-electron chi connectivity index (χ2n) is 7.27. The Morgan fingerprint density at radius 1 is 1.33 bits per heavy atom. The number of esters is 1. The van der Waals surface area contributed by atoms with Crippen molar-refractivity contribution >= 4 is 11.8 Å². The molecule has 0 radical (unpaired) electrons. The molecule has 1 aliphatic rings. The molecule has 1 aliphatic heterocycles. The predicted octanol–water partition coefficient (Wildman–Crippen LogP) is 2.35. The van der Waals surface area contributed by atoms with Crippen LogP contribution >= 0.6 is 0 Å². The normalized spacial score (nSPS) is 37.1. The first kappa shape index (κ1) is 23.3. The lowest BCUT2D eigenvalue weighted by Crippen LogP contribution is -2.56. The van der Waals surface area contributed by atoms with Crippen molar-refractivity contribution in [2.24, 2.45) is 11.8 Å². The van der Waals surface area contributed by atoms with E-state index < -0.39 is 42.1 Å². The fourth-order valence-corrected chi connectivity index (χ4v) is 3.21. The van der Waals surface area contributed by atoms with E-state index in [0.29, 0.717) is 12.8 Å². The minimum absolute atomic E-state index is 0.0697. The number of Topliss-reactive ketones (excluding diaryl/α,β-unsaturated/α-hetero) is 1. The number of ketones is 1. The van der Waals surface area contributed by atoms with Crippen molar-refractivity contribution in [2.75, 3.05) is 13.7 Å². The molecule has 0 unspecified atom stereocenters. The van der Waals surface area contributed by atoms with E-state index in [1.165, 1.54) is 14.0 Å². The van der Waals surface area contributed by atoms with Crippen molar-refractivity contribution < 1.29 is 29.3 Å². The van der Waals surface area contributed by atoms with Gasteiger partial charge < -0.3 is 19.7 Å². The molecule has 152 valence electrons. The van der Waals surface area contributed by atoms with Crippen LogP contribution in [0.15, 0.2) is 36.0 Å². The van der Waals surface area contributed by atoms with Crippen LogP contribution in [0, 0.1) is 11.8 Å². The maximum Gasteiger partial charge on any atom is 0.316 e. The molecule has 0 saturated heterocycles. The van der Waals surface area contributed by atoms with E-state index in [9.17, 15) is 19.8 Å². The van der Waals surface area contributed by atoms with Crippen molar-refractivity contribution in [2.45, 2.75) is 58.3 Å². The van der Waals surface area contributed by atoms with Crippen molar-refractivity contribution in [3.05, 3.63) is 36.0 Å². The standard InChI is InChI=1S/C21H32O6/c1-7-17-15(4)11-14(3)10-13(2)8-9-18(26-6)21(25,12-22)19(23)16(5)20(24)27-17/h8-9,11,13,16-18,22,25H,3,7,10,12H2,1-2,4-6H3/b9-8-,15-11+/t13-,16-,17+,18-,21-/m1/s1. The van der Waals surface area contributed by atoms with Gasteiger partial charge in [-0.2, -0.15) is 0 Å². The van der Waals surface area contributed by atoms with Gasteiger partial charge in [-0.25, -0.2) is 0 Å². The summed E-state index contributed by atoms with van der Waals surface area (Å²) in [6.45, 7) is 10.3. The van der Waals surface area contributed by atoms with Gasteiger partial charge in [0.05, 0.1) is 6.61 Å². The molecule has 5 atom stereocenters. The largest absolute Gasteiger partial charge is 0.457 e. The van der Waals surface area contributed by atoms with Crippen LogP contribution in [0.25, 0.3) is 0 Å². The number of aliphatic hydroxyl groups is 2. The zero-order valence-electron chi connectivity index (χ0n) is 16.9. The van der Waals surface area contributed by atoms with Crippen LogP contribution in [-0.4, -0.2) is 53.5 Å². The minimum Gasteiger partial charge on any atom is -0.457 e. The Bertz CT molecular complexity index is 620. The molecule has 2 N–H and O–H groups in total. The lowest BCUT2D eigenvalue weighted by molar-refractivity contribution is -0.169. The average Bonchev–Trinajstić information content (AvgIpc) is 2.63. The number of carbonyl (C=O) groups is 2. The summed E-state index contributed by atoms with van der Waals surface area (Å²) in [5, 5.41) is 20.5. The summed E-state index contributed by atoms with van der Waals surface area (Å²) in [6, 6.07) is 0. The number of hydrogen-bond donors (Lipinski definition) is 2. The van der Waals surface area contributed by atoms with Gasteiger partial charge in [0, 0.05) is 7.11 Å². The Morgan fingerprint density at radius 2 is 1.96 bits per heavy atom. The fourth-order valence-electron chi connectivity index (χ4n) is 3.21. The van der Waals surface area contributed by atoms with Crippen LogP contribution in [0.4, 0.5) is 0 Å². The van der Waals surface area contributed by atoms with Crippen molar-refractivity contribution in [1.29, 1.82) is 0 Å². The Morgan fingerprint density at radius 3 is 2.48 bits per heavy atom. The average molecular weight is 380 g/mol. The third-order valence-corrected chi connectivity index (χ3v) is 4.91. The maximum absolute atomic E-state index is 12.8. The Kier molecular flexibility index (Phi) is 8.59. The molecule has 6 nitrogen and oxygen atoms in total. The molecule has 27 heavy (non-hydrogen) atoms. The Labute approximate surface area is 161 Å². The monoisotopic (exact) mass is 380 g/mol. The van der Waals surface area contributed by atoms with Crippen LogP contribution in [-0.2, 0) is 19.1 Å². The minimum atomic E-state index is -2.24. The topological polar surface area (TPSA) is 93.1 Å². The second kappa shape index (κ2) is 9.97. The molecule has 6 heteroatoms. The van der Waals surface area contributed by atoms with Gasteiger partial charge in [-0.1, -0.05) is 44.2 Å². The Balaban J connectivity index is 3.39. The first-order chi connectivity index (χ1) is 12.6. The van der Waals surface area contributed by atoms with Gasteiger partial charge in [0.15, 0.2) is 11.4 Å². The van der Waals surface area contributed by atoms with Gasteiger partial charge in [-0.3, -0.25) is 9.59 Å². The lowest BCUT2D eigenvalue weighted by atomic mass is 9.84. The third-order valence-electron chi connectivity index (χ3n) is 4.91. The van der Waals surface area contributed by atoms with Crippen LogP contribution in [0.1, 0.15) is 40.5 Å². The van der Waals surface area contributed by atoms with Crippen LogP contribution in [0.5, 0.6) is 0 Å². The van der Waals surface area contributed by atoms with Gasteiger partial charge in [-0.05, 0) is 38.2 Å². The number of methoxy groups -OCH3 is 1. The van der Waals surface area contributed by atoms with Crippen LogP contribution < -0.4 is 0 Å². The highest BCUT2D eigenvalue weighted by Crippen LogP contribution is 2.25. The van der Waals surface area contributed by atoms with Crippen LogP contribution in [0.2, 0.25) is 0 Å². The lowest BCUT2D eigenvalue weighted by Gasteiger charge is -2.32. The summed E-state index contributed by atoms with van der Waals surface area (Å²) in [7, 11) is 1.33. The molecule has 0 aromatic carbocycles. The SMILES string of the molecule is C=C1/C=C(\C)[C@H](CC)OC(=O)[C@H](C)C(=O)[C@@](O)(CO)[C@H](OC)/C=C\[C@@H](C)C1. The van der Waals surface area contributed by atoms with E-state index in [-0.39, 0.29) is 5.92 Å². The smallest absolute Gasteiger partial charge is 0.316 e. The van der Waals surface area contributed by atoms with Crippen molar-refractivity contribution in [3.63, 3.8) is 0 Å². The second-order valence-corrected chi connectivity index (χ2v) is 7.27. The fraction of sp³-hybridized carbons (Fsp3) is 0.619. The van der Waals surface area contributed by atoms with E-state index in [1.54, 1.807) is 6.08 Å². The summed E-state index contributed by atoms with van der Waals surface area (Å²) >= 11 is 0. The molecule has 0 aromatic rings. The number of ether oxygens (including phenoxy) is 2. The van der Waals surface area contributed by atoms with Gasteiger partial charge in [0.2, 0.25) is 0 Å². The van der Waals surface area contributed by atoms with Crippen LogP contribution in [0.3, 0.4) is 0 Å². The molecule has 0 aromatic heterocycles. The number of hydrogen-bond acceptors (Lipinski definition) is 6. The summed E-state index contributed by atoms with van der Waals surface area (Å²) in [4.78, 5) is 25.3. The molecule has 0 fully saturated rings. The molecule has 1 heterocycles. The van der Waals surface area contributed by atoms with Gasteiger partial charge in [-0.15, -0.1) is 0 Å². The molecule has 0 aliphatic carbocycles. The number of carbonyl (C=O) groups excluding carboxylic acids is 2. The first-order valence-corrected chi connectivity index (χ1v) is 9.25. The zero-order chi connectivity index (χ0) is 20.8. The number of aliphatic hydroxyl groups excluding tert-OH is 1. The molecule has 0 bridgehead atoms. The Hall–Kier alpha value is -1.76. The molecule has 0 saturated carbocycles. The highest BCUT2D eigenvalue weighted by atomic mass is 16.5. The van der Waals surface area contributed by atoms with Crippen molar-refractivity contribution in [3.8, 4) is 0 Å². The maximum atomic E-state index is 12.8. The third kappa shape index (κ3) is 5.61. The summed E-state index contributed by atoms with van der Waals surface area (Å²) in [6.07, 6.45) is 4.87. The van der Waals surface area contributed by atoms with E-state index in [1.807, 2.05) is 32.9 Å². The van der Waals surface area contributed by atoms with Gasteiger partial charge in [0.25, 0.3) is 0 Å². The van der Waals surface area contributed by atoms with E-state index in [4.69, 9.17) is 9.47 Å². The molecular weight excluding hydrogens is 348 g/mol. The number of rotatable bonds is 3. The summed E-state index contributed by atoms with van der Waals surface area (Å²) in [5.41, 5.74) is -0.514. The quantitative estimate of drug-likeness (QED) is 0.444. The number of cyclic esters (lactones) is 1. The first-order valence-electron chi connectivity index (χ1n) is 9.25. The predicted molar refractivity (Wildman–Crippen MR) is 103 cm³/mol. The highest BCUT2D eigenvalue weighted by molar-refractivity contribution is 6.03. The van der Waals surface area contributed by atoms with E-state index >= 15 is 0 Å². The summed E-state index contributed by atoms with van der Waals surface area (Å²) < 4.78 is 10.7. The van der Waals surface area contributed by atoms with Gasteiger partial charge >= 0.3 is 5.97 Å². The highest BCUT2D eigenvalue weighted by Gasteiger charge is 2.47. The van der Waals surface area contributed by atoms with E-state index in [2.05, 4.69) is 6.58 Å². The number of allylic oxidation sites excluding steroid dienone is 3. The zero-order valence-corrected chi connectivity index (χ0v) is 16.9. The summed E-state index contributed by atoms with van der Waals surface area (Å²) in [5.74, 6) is -2.77.